The van der Waals surface area contributed by atoms with Gasteiger partial charge in [-0.25, -0.2) is 8.42 Å². The van der Waals surface area contributed by atoms with Crippen molar-refractivity contribution in [1.29, 1.82) is 0 Å². The molecule has 0 spiro atoms. The van der Waals surface area contributed by atoms with E-state index >= 15 is 0 Å². The molecule has 27 heavy (non-hydrogen) atoms. The van der Waals surface area contributed by atoms with Crippen LogP contribution in [-0.4, -0.2) is 59.4 Å². The van der Waals surface area contributed by atoms with E-state index in [1.165, 1.54) is 10.9 Å². The summed E-state index contributed by atoms with van der Waals surface area (Å²) in [5, 5.41) is 6.85. The predicted molar refractivity (Wildman–Crippen MR) is 99.1 cm³/mol. The Balaban J connectivity index is 1.52. The molecule has 1 amide bonds. The van der Waals surface area contributed by atoms with E-state index in [0.717, 1.165) is 11.3 Å². The summed E-state index contributed by atoms with van der Waals surface area (Å²) in [7, 11) is -0.287. The van der Waals surface area contributed by atoms with E-state index in [-0.39, 0.29) is 11.1 Å². The number of piperidine rings is 1. The maximum Gasteiger partial charge on any atom is 0.249 e. The zero-order valence-corrected chi connectivity index (χ0v) is 16.4. The molecule has 0 atom stereocenters. The Hall–Kier alpha value is -2.42. The number of sulfone groups is 1. The number of aromatic nitrogens is 3. The molecule has 8 nitrogen and oxygen atoms in total. The highest BCUT2D eigenvalue weighted by Gasteiger charge is 2.35. The molecular formula is C18H24N4O4S. The largest absolute Gasteiger partial charge is 0.497 e. The number of nitrogens with zero attached hydrogens (tertiary/aromatic N) is 4. The van der Waals surface area contributed by atoms with Gasteiger partial charge >= 0.3 is 0 Å². The Kier molecular flexibility index (Phi) is 5.79. The molecule has 0 aliphatic carbocycles. The van der Waals surface area contributed by atoms with Crippen LogP contribution in [0.25, 0.3) is 0 Å². The first kappa shape index (κ1) is 19.3. The van der Waals surface area contributed by atoms with Crippen LogP contribution < -0.4 is 4.74 Å². The first-order valence-corrected chi connectivity index (χ1v) is 10.4. The molecule has 0 N–H and O–H groups in total. The summed E-state index contributed by atoms with van der Waals surface area (Å²) >= 11 is 0. The van der Waals surface area contributed by atoms with E-state index in [2.05, 4.69) is 10.2 Å². The van der Waals surface area contributed by atoms with Gasteiger partial charge < -0.3 is 14.2 Å². The lowest BCUT2D eigenvalue weighted by molar-refractivity contribution is -0.132. The Morgan fingerprint density at radius 2 is 1.89 bits per heavy atom. The average Bonchev–Trinajstić information content (AvgIpc) is 3.13. The minimum Gasteiger partial charge on any atom is -0.497 e. The van der Waals surface area contributed by atoms with Crippen molar-refractivity contribution in [3.05, 3.63) is 36.2 Å². The van der Waals surface area contributed by atoms with Gasteiger partial charge in [0.2, 0.25) is 20.9 Å². The van der Waals surface area contributed by atoms with Crippen LogP contribution in [-0.2, 0) is 28.1 Å². The van der Waals surface area contributed by atoms with Gasteiger partial charge in [0.05, 0.1) is 12.4 Å². The first-order chi connectivity index (χ1) is 12.9. The van der Waals surface area contributed by atoms with Gasteiger partial charge in [-0.15, -0.1) is 10.2 Å². The highest BCUT2D eigenvalue weighted by atomic mass is 32.2. The molecule has 1 aromatic carbocycles. The molecule has 0 radical (unpaired) electrons. The van der Waals surface area contributed by atoms with Crippen molar-refractivity contribution in [3.63, 3.8) is 0 Å². The van der Waals surface area contributed by atoms with Gasteiger partial charge in [-0.1, -0.05) is 12.1 Å². The number of hydrogen-bond acceptors (Lipinski definition) is 6. The molecule has 9 heteroatoms. The Morgan fingerprint density at radius 1 is 1.22 bits per heavy atom. The van der Waals surface area contributed by atoms with Crippen molar-refractivity contribution in [1.82, 2.24) is 19.7 Å². The van der Waals surface area contributed by atoms with Crippen LogP contribution in [0.3, 0.4) is 0 Å². The molecule has 1 aliphatic rings. The van der Waals surface area contributed by atoms with Gasteiger partial charge in [0.15, 0.2) is 0 Å². The van der Waals surface area contributed by atoms with Crippen LogP contribution in [0.4, 0.5) is 0 Å². The second-order valence-corrected chi connectivity index (χ2v) is 8.82. The molecule has 1 aromatic heterocycles. The van der Waals surface area contributed by atoms with Crippen molar-refractivity contribution in [2.75, 3.05) is 20.2 Å². The van der Waals surface area contributed by atoms with E-state index in [1.54, 1.807) is 19.1 Å². The predicted octanol–water partition coefficient (Wildman–Crippen LogP) is 1.22. The van der Waals surface area contributed by atoms with Crippen LogP contribution in [0.2, 0.25) is 0 Å². The normalized spacial score (nSPS) is 15.7. The van der Waals surface area contributed by atoms with Gasteiger partial charge in [-0.05, 0) is 37.0 Å². The van der Waals surface area contributed by atoms with Crippen molar-refractivity contribution >= 4 is 15.7 Å². The second kappa shape index (κ2) is 8.08. The summed E-state index contributed by atoms with van der Waals surface area (Å²) in [5.74, 6) is 0.844. The molecule has 2 aromatic rings. The lowest BCUT2D eigenvalue weighted by Gasteiger charge is -2.31. The fourth-order valence-corrected chi connectivity index (χ4v) is 5.04. The third-order valence-electron chi connectivity index (χ3n) is 4.94. The van der Waals surface area contributed by atoms with Gasteiger partial charge in [0.25, 0.3) is 0 Å². The monoisotopic (exact) mass is 392 g/mol. The summed E-state index contributed by atoms with van der Waals surface area (Å²) < 4.78 is 31.9. The number of carbonyl (C=O) groups is 1. The van der Waals surface area contributed by atoms with Crippen molar-refractivity contribution in [3.8, 4) is 5.75 Å². The van der Waals surface area contributed by atoms with Crippen LogP contribution in [0, 0.1) is 0 Å². The third kappa shape index (κ3) is 4.29. The highest BCUT2D eigenvalue weighted by molar-refractivity contribution is 7.91. The molecule has 146 valence electrons. The fraction of sp³-hybridized carbons (Fsp3) is 0.500. The standard InChI is InChI=1S/C18H24N4O4S/c1-21-13-19-20-18(21)27(24,25)16-9-11-22(12-10-16)17(23)8-5-14-3-6-15(26-2)7-4-14/h3-4,6-7,13,16H,5,8-12H2,1-2H3. The molecule has 1 fully saturated rings. The maximum absolute atomic E-state index is 12.7. The number of aryl methyl sites for hydroxylation is 2. The Morgan fingerprint density at radius 3 is 2.44 bits per heavy atom. The summed E-state index contributed by atoms with van der Waals surface area (Å²) in [6.45, 7) is 0.895. The molecule has 0 saturated carbocycles. The molecule has 3 rings (SSSR count). The second-order valence-electron chi connectivity index (χ2n) is 6.70. The zero-order chi connectivity index (χ0) is 19.4. The summed E-state index contributed by atoms with van der Waals surface area (Å²) in [6, 6.07) is 7.66. The van der Waals surface area contributed by atoms with Crippen LogP contribution in [0.5, 0.6) is 5.75 Å². The Bertz CT molecular complexity index is 884. The number of hydrogen-bond donors (Lipinski definition) is 0. The topological polar surface area (TPSA) is 94.4 Å². The molecule has 0 bridgehead atoms. The Labute approximate surface area is 159 Å². The molecule has 2 heterocycles. The van der Waals surface area contributed by atoms with Gasteiger partial charge in [-0.3, -0.25) is 4.79 Å². The number of ether oxygens (including phenoxy) is 1. The van der Waals surface area contributed by atoms with Gasteiger partial charge in [0, 0.05) is 26.6 Å². The quantitative estimate of drug-likeness (QED) is 0.734. The van der Waals surface area contributed by atoms with Crippen LogP contribution in [0.15, 0.2) is 35.7 Å². The maximum atomic E-state index is 12.7. The number of methoxy groups -OCH3 is 1. The van der Waals surface area contributed by atoms with E-state index < -0.39 is 15.1 Å². The highest BCUT2D eigenvalue weighted by Crippen LogP contribution is 2.23. The molecule has 1 saturated heterocycles. The molecular weight excluding hydrogens is 368 g/mol. The van der Waals surface area contributed by atoms with Crippen LogP contribution in [0.1, 0.15) is 24.8 Å². The summed E-state index contributed by atoms with van der Waals surface area (Å²) in [6.07, 6.45) is 3.28. The first-order valence-electron chi connectivity index (χ1n) is 8.90. The number of likely N-dealkylation sites (tertiary alicyclic amines) is 1. The zero-order valence-electron chi connectivity index (χ0n) is 15.5. The van der Waals surface area contributed by atoms with Crippen molar-refractivity contribution in [2.45, 2.75) is 36.1 Å². The van der Waals surface area contributed by atoms with E-state index in [0.29, 0.717) is 38.8 Å². The lowest BCUT2D eigenvalue weighted by Crippen LogP contribution is -2.43. The summed E-state index contributed by atoms with van der Waals surface area (Å²) in [5.41, 5.74) is 1.07. The smallest absolute Gasteiger partial charge is 0.249 e. The molecule has 1 aliphatic heterocycles. The van der Waals surface area contributed by atoms with Crippen LogP contribution >= 0.6 is 0 Å². The van der Waals surface area contributed by atoms with E-state index in [1.807, 2.05) is 24.3 Å². The minimum atomic E-state index is -3.52. The van der Waals surface area contributed by atoms with Crippen molar-refractivity contribution < 1.29 is 17.9 Å². The fourth-order valence-electron chi connectivity index (χ4n) is 3.30. The average molecular weight is 392 g/mol. The molecule has 0 unspecified atom stereocenters. The van der Waals surface area contributed by atoms with Gasteiger partial charge in [0.1, 0.15) is 12.1 Å². The SMILES string of the molecule is COc1ccc(CCC(=O)N2CCC(S(=O)(=O)c3nncn3C)CC2)cc1. The summed E-state index contributed by atoms with van der Waals surface area (Å²) in [4.78, 5) is 14.2. The van der Waals surface area contributed by atoms with E-state index in [9.17, 15) is 13.2 Å². The van der Waals surface area contributed by atoms with E-state index in [4.69, 9.17) is 4.74 Å². The number of rotatable bonds is 6. The lowest BCUT2D eigenvalue weighted by atomic mass is 10.1. The number of benzene rings is 1. The van der Waals surface area contributed by atoms with Crippen molar-refractivity contribution in [2.24, 2.45) is 7.05 Å². The third-order valence-corrected chi connectivity index (χ3v) is 7.17. The minimum absolute atomic E-state index is 0.00761. The van der Waals surface area contributed by atoms with Gasteiger partial charge in [-0.2, -0.15) is 0 Å². The number of carbonyl (C=O) groups excluding carboxylic acids is 1. The number of amides is 1.